The van der Waals surface area contributed by atoms with E-state index in [0.717, 1.165) is 0 Å². The van der Waals surface area contributed by atoms with Gasteiger partial charge in [0.25, 0.3) is 0 Å². The van der Waals surface area contributed by atoms with Crippen LogP contribution in [0.25, 0.3) is 0 Å². The lowest BCUT2D eigenvalue weighted by Gasteiger charge is -1.48. The van der Waals surface area contributed by atoms with Crippen LogP contribution in [0, 0.1) is 47.4 Å². The number of rotatable bonds is 0. The fourth-order valence-corrected chi connectivity index (χ4v) is 0.250. The number of hydrogen-bond donors (Lipinski definition) is 0. The Morgan fingerprint density at radius 3 is 0.667 bits per heavy atom. The van der Waals surface area contributed by atoms with Gasteiger partial charge in [0.2, 0.25) is 0 Å². The minimum absolute atomic E-state index is 1.77. The normalized spacial score (nSPS) is 3.67. The van der Waals surface area contributed by atoms with Gasteiger partial charge in [-0.1, -0.05) is 23.7 Å². The molecule has 0 heteroatoms. The third kappa shape index (κ3) is 24.0. The Bertz CT molecular complexity index is 243. The molecule has 0 fully saturated rings. The molecule has 0 nitrogen and oxygen atoms in total. The summed E-state index contributed by atoms with van der Waals surface area (Å²) in [6.45, 7) is 7.07. The van der Waals surface area contributed by atoms with Crippen LogP contribution in [0.1, 0.15) is 27.7 Å². The summed E-state index contributed by atoms with van der Waals surface area (Å²) in [6.07, 6.45) is 0. The maximum absolute atomic E-state index is 2.64. The lowest BCUT2D eigenvalue weighted by Crippen LogP contribution is -1.42. The quantitative estimate of drug-likeness (QED) is 0.471. The highest BCUT2D eigenvalue weighted by Gasteiger charge is 1.42. The first-order valence-electron chi connectivity index (χ1n) is 3.50. The molecule has 0 aromatic heterocycles. The van der Waals surface area contributed by atoms with Gasteiger partial charge in [-0.15, -0.1) is 0 Å². The van der Waals surface area contributed by atoms with Gasteiger partial charge >= 0.3 is 0 Å². The minimum atomic E-state index is 1.77. The highest BCUT2D eigenvalue weighted by atomic mass is 13.5. The van der Waals surface area contributed by atoms with Gasteiger partial charge in [0.05, 0.1) is 0 Å². The zero-order valence-electron chi connectivity index (χ0n) is 8.00. The van der Waals surface area contributed by atoms with Gasteiger partial charge in [-0.3, -0.25) is 0 Å². The molecule has 0 radical (unpaired) electrons. The van der Waals surface area contributed by atoms with Gasteiger partial charge in [0.1, 0.15) is 0 Å². The predicted octanol–water partition coefficient (Wildman–Crippen LogP) is 2.07. The van der Waals surface area contributed by atoms with E-state index in [4.69, 9.17) is 0 Å². The SMILES string of the molecule is CC#CC#CC.CC#CC#CC. The molecular weight excluding hydrogens is 144 g/mol. The van der Waals surface area contributed by atoms with Crippen LogP contribution < -0.4 is 0 Å². The van der Waals surface area contributed by atoms with E-state index < -0.39 is 0 Å². The van der Waals surface area contributed by atoms with Crippen molar-refractivity contribution in [3.05, 3.63) is 0 Å². The average Bonchev–Trinajstić information content (AvgIpc) is 2.12. The van der Waals surface area contributed by atoms with Crippen molar-refractivity contribution in [3.63, 3.8) is 0 Å². The molecule has 0 saturated heterocycles. The van der Waals surface area contributed by atoms with Crippen LogP contribution in [0.5, 0.6) is 0 Å². The lowest BCUT2D eigenvalue weighted by molar-refractivity contribution is 1.90. The highest BCUT2D eigenvalue weighted by Crippen LogP contribution is 1.48. The molecule has 0 amide bonds. The van der Waals surface area contributed by atoms with Crippen molar-refractivity contribution < 1.29 is 0 Å². The van der Waals surface area contributed by atoms with Crippen molar-refractivity contribution in [2.45, 2.75) is 27.7 Å². The third-order valence-corrected chi connectivity index (χ3v) is 0.625. The third-order valence-electron chi connectivity index (χ3n) is 0.625. The molecule has 0 bridgehead atoms. The fraction of sp³-hybridized carbons (Fsp3) is 0.333. The van der Waals surface area contributed by atoms with Crippen molar-refractivity contribution in [3.8, 4) is 47.4 Å². The second kappa shape index (κ2) is 16.1. The zero-order chi connectivity index (χ0) is 9.66. The summed E-state index contributed by atoms with van der Waals surface area (Å²) in [4.78, 5) is 0. The summed E-state index contributed by atoms with van der Waals surface area (Å²) in [5.74, 6) is 20.9. The maximum Gasteiger partial charge on any atom is -0.00168 e. The average molecular weight is 156 g/mol. The predicted molar refractivity (Wildman–Crippen MR) is 53.8 cm³/mol. The summed E-state index contributed by atoms with van der Waals surface area (Å²) in [5.41, 5.74) is 0. The van der Waals surface area contributed by atoms with Crippen LogP contribution in [0.15, 0.2) is 0 Å². The lowest BCUT2D eigenvalue weighted by atomic mass is 10.6. The van der Waals surface area contributed by atoms with Crippen LogP contribution in [0.2, 0.25) is 0 Å². The summed E-state index contributed by atoms with van der Waals surface area (Å²) in [7, 11) is 0. The standard InChI is InChI=1S/2C6H6/c2*1-3-5-6-4-2/h2*1-2H3. The molecule has 0 aliphatic heterocycles. The Labute approximate surface area is 75.8 Å². The van der Waals surface area contributed by atoms with Gasteiger partial charge in [-0.2, -0.15) is 0 Å². The Morgan fingerprint density at radius 1 is 0.417 bits per heavy atom. The van der Waals surface area contributed by atoms with E-state index >= 15 is 0 Å². The molecule has 0 spiro atoms. The number of hydrogen-bond acceptors (Lipinski definition) is 0. The van der Waals surface area contributed by atoms with E-state index in [9.17, 15) is 0 Å². The van der Waals surface area contributed by atoms with Crippen LogP contribution in [0.4, 0.5) is 0 Å². The van der Waals surface area contributed by atoms with E-state index in [2.05, 4.69) is 47.4 Å². The van der Waals surface area contributed by atoms with Crippen molar-refractivity contribution in [1.29, 1.82) is 0 Å². The summed E-state index contributed by atoms with van der Waals surface area (Å²) in [5, 5.41) is 0. The van der Waals surface area contributed by atoms with Gasteiger partial charge in [-0.25, -0.2) is 0 Å². The first-order valence-corrected chi connectivity index (χ1v) is 3.50. The molecule has 0 saturated carbocycles. The minimum Gasteiger partial charge on any atom is -0.0925 e. The Kier molecular flexibility index (Phi) is 17.3. The van der Waals surface area contributed by atoms with Crippen LogP contribution >= 0.6 is 0 Å². The topological polar surface area (TPSA) is 0 Å². The maximum atomic E-state index is 2.64. The molecule has 0 unspecified atom stereocenters. The molecule has 0 N–H and O–H groups in total. The summed E-state index contributed by atoms with van der Waals surface area (Å²) in [6, 6.07) is 0. The molecule has 0 aliphatic rings. The molecule has 0 aromatic rings. The molecular formula is C12H12. The molecule has 0 heterocycles. The molecule has 0 rings (SSSR count). The summed E-state index contributed by atoms with van der Waals surface area (Å²) >= 11 is 0. The van der Waals surface area contributed by atoms with E-state index in [-0.39, 0.29) is 0 Å². The second-order valence-corrected chi connectivity index (χ2v) is 1.50. The summed E-state index contributed by atoms with van der Waals surface area (Å²) < 4.78 is 0. The van der Waals surface area contributed by atoms with Crippen molar-refractivity contribution >= 4 is 0 Å². The Hall–Kier alpha value is -1.76. The molecule has 60 valence electrons. The molecule has 0 aromatic carbocycles. The van der Waals surface area contributed by atoms with Gasteiger partial charge in [0, 0.05) is 0 Å². The Balaban J connectivity index is 0. The van der Waals surface area contributed by atoms with E-state index in [1.165, 1.54) is 0 Å². The fourth-order valence-electron chi connectivity index (χ4n) is 0.250. The van der Waals surface area contributed by atoms with E-state index in [0.29, 0.717) is 0 Å². The first-order chi connectivity index (χ1) is 5.83. The van der Waals surface area contributed by atoms with Crippen LogP contribution in [-0.2, 0) is 0 Å². The van der Waals surface area contributed by atoms with Crippen LogP contribution in [-0.4, -0.2) is 0 Å². The Morgan fingerprint density at radius 2 is 0.583 bits per heavy atom. The van der Waals surface area contributed by atoms with Gasteiger partial charge in [-0.05, 0) is 51.4 Å². The molecule has 0 atom stereocenters. The van der Waals surface area contributed by atoms with Gasteiger partial charge < -0.3 is 0 Å². The highest BCUT2D eigenvalue weighted by molar-refractivity contribution is 5.24. The van der Waals surface area contributed by atoms with Crippen molar-refractivity contribution in [2.24, 2.45) is 0 Å². The second-order valence-electron chi connectivity index (χ2n) is 1.50. The first kappa shape index (κ1) is 12.9. The molecule has 12 heavy (non-hydrogen) atoms. The van der Waals surface area contributed by atoms with E-state index in [1.54, 1.807) is 27.7 Å². The van der Waals surface area contributed by atoms with Crippen molar-refractivity contribution in [1.82, 2.24) is 0 Å². The monoisotopic (exact) mass is 156 g/mol. The van der Waals surface area contributed by atoms with Crippen LogP contribution in [0.3, 0.4) is 0 Å². The zero-order valence-corrected chi connectivity index (χ0v) is 8.00. The van der Waals surface area contributed by atoms with Gasteiger partial charge in [0.15, 0.2) is 0 Å². The largest absolute Gasteiger partial charge is 0.0925 e. The van der Waals surface area contributed by atoms with Crippen molar-refractivity contribution in [2.75, 3.05) is 0 Å². The van der Waals surface area contributed by atoms with E-state index in [1.807, 2.05) is 0 Å². The smallest absolute Gasteiger partial charge is 0.00168 e. The molecule has 0 aliphatic carbocycles.